The van der Waals surface area contributed by atoms with E-state index in [9.17, 15) is 9.90 Å². The van der Waals surface area contributed by atoms with Gasteiger partial charge in [-0.15, -0.1) is 0 Å². The normalized spacial score (nSPS) is 26.1. The molecule has 0 aromatic heterocycles. The number of aliphatic hydroxyl groups excluding tert-OH is 1. The zero-order valence-corrected chi connectivity index (χ0v) is 10.0. The van der Waals surface area contributed by atoms with Gasteiger partial charge in [0.1, 0.15) is 0 Å². The first-order valence-corrected chi connectivity index (χ1v) is 5.44. The minimum absolute atomic E-state index is 0.0897. The molecule has 0 saturated heterocycles. The average molecular weight is 208 g/mol. The van der Waals surface area contributed by atoms with Gasteiger partial charge < -0.3 is 5.11 Å². The van der Waals surface area contributed by atoms with Crippen molar-refractivity contribution >= 4 is 5.78 Å². The van der Waals surface area contributed by atoms with E-state index < -0.39 is 0 Å². The molecule has 0 amide bonds. The van der Waals surface area contributed by atoms with E-state index in [1.54, 1.807) is 12.2 Å². The van der Waals surface area contributed by atoms with Gasteiger partial charge in [-0.3, -0.25) is 4.79 Å². The highest BCUT2D eigenvalue weighted by Gasteiger charge is 2.35. The van der Waals surface area contributed by atoms with Crippen LogP contribution in [0.2, 0.25) is 0 Å². The maximum Gasteiger partial charge on any atom is 0.181 e. The van der Waals surface area contributed by atoms with Crippen molar-refractivity contribution in [2.45, 2.75) is 46.6 Å². The molecule has 0 radical (unpaired) electrons. The van der Waals surface area contributed by atoms with Crippen molar-refractivity contribution in [3.63, 3.8) is 0 Å². The average Bonchev–Trinajstić information content (AvgIpc) is 1.99. The summed E-state index contributed by atoms with van der Waals surface area (Å²) in [6.07, 6.45) is 4.37. The lowest BCUT2D eigenvalue weighted by Crippen LogP contribution is -2.32. The van der Waals surface area contributed by atoms with Crippen LogP contribution in [0.1, 0.15) is 40.5 Å². The highest BCUT2D eigenvalue weighted by Crippen LogP contribution is 2.40. The SMILES string of the molecule is C/C=C\C(=O)C1=C(C)C[C@H](O)CC1(C)C. The highest BCUT2D eigenvalue weighted by molar-refractivity contribution is 6.05. The molecule has 0 heterocycles. The highest BCUT2D eigenvalue weighted by atomic mass is 16.3. The molecule has 2 nitrogen and oxygen atoms in total. The van der Waals surface area contributed by atoms with Crippen molar-refractivity contribution in [1.29, 1.82) is 0 Å². The number of allylic oxidation sites excluding steroid dienone is 3. The van der Waals surface area contributed by atoms with Crippen LogP contribution in [0.3, 0.4) is 0 Å². The van der Waals surface area contributed by atoms with E-state index in [1.807, 2.05) is 27.7 Å². The molecule has 0 fully saturated rings. The van der Waals surface area contributed by atoms with Gasteiger partial charge in [0.05, 0.1) is 6.10 Å². The topological polar surface area (TPSA) is 37.3 Å². The molecule has 84 valence electrons. The summed E-state index contributed by atoms with van der Waals surface area (Å²) in [4.78, 5) is 11.9. The van der Waals surface area contributed by atoms with Crippen LogP contribution in [-0.4, -0.2) is 17.0 Å². The van der Waals surface area contributed by atoms with E-state index in [0.717, 1.165) is 11.1 Å². The summed E-state index contributed by atoms with van der Waals surface area (Å²) in [6.45, 7) is 7.84. The zero-order valence-electron chi connectivity index (χ0n) is 10.0. The number of carbonyl (C=O) groups excluding carboxylic acids is 1. The van der Waals surface area contributed by atoms with Crippen LogP contribution in [0, 0.1) is 5.41 Å². The number of hydrogen-bond donors (Lipinski definition) is 1. The Kier molecular flexibility index (Phi) is 3.50. The minimum atomic E-state index is -0.304. The Labute approximate surface area is 91.7 Å². The third kappa shape index (κ3) is 2.57. The maximum atomic E-state index is 11.9. The fourth-order valence-electron chi connectivity index (χ4n) is 2.57. The van der Waals surface area contributed by atoms with Gasteiger partial charge in [0.15, 0.2) is 5.78 Å². The molecule has 15 heavy (non-hydrogen) atoms. The second-order valence-corrected chi connectivity index (χ2v) is 4.97. The molecular weight excluding hydrogens is 188 g/mol. The first-order valence-electron chi connectivity index (χ1n) is 5.44. The van der Waals surface area contributed by atoms with Crippen LogP contribution in [0.5, 0.6) is 0 Å². The van der Waals surface area contributed by atoms with Crippen molar-refractivity contribution in [3.8, 4) is 0 Å². The molecule has 0 unspecified atom stereocenters. The van der Waals surface area contributed by atoms with E-state index in [4.69, 9.17) is 0 Å². The Morgan fingerprint density at radius 1 is 1.53 bits per heavy atom. The van der Waals surface area contributed by atoms with Gasteiger partial charge in [-0.25, -0.2) is 0 Å². The molecule has 0 bridgehead atoms. The molecule has 0 aromatic carbocycles. The lowest BCUT2D eigenvalue weighted by molar-refractivity contribution is -0.112. The molecule has 0 spiro atoms. The van der Waals surface area contributed by atoms with Crippen molar-refractivity contribution in [2.75, 3.05) is 0 Å². The number of ketones is 1. The maximum absolute atomic E-state index is 11.9. The van der Waals surface area contributed by atoms with Gasteiger partial charge >= 0.3 is 0 Å². The summed E-state index contributed by atoms with van der Waals surface area (Å²) >= 11 is 0. The third-order valence-electron chi connectivity index (χ3n) is 2.96. The Morgan fingerprint density at radius 2 is 2.13 bits per heavy atom. The van der Waals surface area contributed by atoms with Crippen LogP contribution in [0.4, 0.5) is 0 Å². The second kappa shape index (κ2) is 4.31. The Hall–Kier alpha value is -0.890. The van der Waals surface area contributed by atoms with Gasteiger partial charge in [-0.05, 0) is 38.2 Å². The molecule has 0 aromatic rings. The van der Waals surface area contributed by atoms with Crippen LogP contribution in [-0.2, 0) is 4.79 Å². The van der Waals surface area contributed by atoms with Crippen LogP contribution < -0.4 is 0 Å². The standard InChI is InChI=1S/C13H20O2/c1-5-6-11(15)12-9(2)7-10(14)8-13(12,3)4/h5-6,10,14H,7-8H2,1-4H3/b6-5-/t10-/m0/s1. The first-order chi connectivity index (χ1) is 6.88. The quantitative estimate of drug-likeness (QED) is 0.708. The predicted octanol–water partition coefficient (Wildman–Crippen LogP) is 2.63. The molecule has 1 aliphatic carbocycles. The number of carbonyl (C=O) groups is 1. The number of hydrogen-bond acceptors (Lipinski definition) is 2. The first kappa shape index (κ1) is 12.2. The lowest BCUT2D eigenvalue weighted by atomic mass is 9.70. The van der Waals surface area contributed by atoms with Crippen molar-refractivity contribution < 1.29 is 9.90 Å². The van der Waals surface area contributed by atoms with Crippen LogP contribution in [0.25, 0.3) is 0 Å². The van der Waals surface area contributed by atoms with Gasteiger partial charge in [-0.1, -0.05) is 25.5 Å². The molecule has 1 aliphatic rings. The number of rotatable bonds is 2. The van der Waals surface area contributed by atoms with Crippen molar-refractivity contribution in [2.24, 2.45) is 5.41 Å². The van der Waals surface area contributed by atoms with Gasteiger partial charge in [0.2, 0.25) is 0 Å². The van der Waals surface area contributed by atoms with E-state index in [2.05, 4.69) is 0 Å². The summed E-state index contributed by atoms with van der Waals surface area (Å²) in [5, 5.41) is 9.68. The van der Waals surface area contributed by atoms with Crippen molar-refractivity contribution in [3.05, 3.63) is 23.3 Å². The monoisotopic (exact) mass is 208 g/mol. The predicted molar refractivity (Wildman–Crippen MR) is 61.5 cm³/mol. The third-order valence-corrected chi connectivity index (χ3v) is 2.96. The molecule has 1 atom stereocenters. The van der Waals surface area contributed by atoms with Gasteiger partial charge in [-0.2, -0.15) is 0 Å². The zero-order chi connectivity index (χ0) is 11.6. The van der Waals surface area contributed by atoms with E-state index in [1.165, 1.54) is 0 Å². The second-order valence-electron chi connectivity index (χ2n) is 4.97. The molecule has 0 aliphatic heterocycles. The summed E-state index contributed by atoms with van der Waals surface area (Å²) in [6, 6.07) is 0. The van der Waals surface area contributed by atoms with Crippen molar-refractivity contribution in [1.82, 2.24) is 0 Å². The van der Waals surface area contributed by atoms with Gasteiger partial charge in [0.25, 0.3) is 0 Å². The minimum Gasteiger partial charge on any atom is -0.393 e. The molecular formula is C13H20O2. The smallest absolute Gasteiger partial charge is 0.181 e. The summed E-state index contributed by atoms with van der Waals surface area (Å²) < 4.78 is 0. The largest absolute Gasteiger partial charge is 0.393 e. The fourth-order valence-corrected chi connectivity index (χ4v) is 2.57. The summed E-state index contributed by atoms with van der Waals surface area (Å²) in [5.41, 5.74) is 1.70. The number of aliphatic hydroxyl groups is 1. The van der Waals surface area contributed by atoms with E-state index in [0.29, 0.717) is 12.8 Å². The fraction of sp³-hybridized carbons (Fsp3) is 0.615. The Morgan fingerprint density at radius 3 is 2.60 bits per heavy atom. The van der Waals surface area contributed by atoms with E-state index >= 15 is 0 Å². The lowest BCUT2D eigenvalue weighted by Gasteiger charge is -2.35. The molecule has 0 saturated carbocycles. The molecule has 1 rings (SSSR count). The van der Waals surface area contributed by atoms with Crippen LogP contribution >= 0.6 is 0 Å². The van der Waals surface area contributed by atoms with Crippen LogP contribution in [0.15, 0.2) is 23.3 Å². The summed E-state index contributed by atoms with van der Waals surface area (Å²) in [5.74, 6) is 0.0897. The summed E-state index contributed by atoms with van der Waals surface area (Å²) in [7, 11) is 0. The Balaban J connectivity index is 3.11. The molecule has 2 heteroatoms. The van der Waals surface area contributed by atoms with Gasteiger partial charge in [0, 0.05) is 5.57 Å². The Bertz CT molecular complexity index is 321. The van der Waals surface area contributed by atoms with E-state index in [-0.39, 0.29) is 17.3 Å². The molecule has 1 N–H and O–H groups in total.